The van der Waals surface area contributed by atoms with Crippen molar-refractivity contribution in [3.8, 4) is 0 Å². The second kappa shape index (κ2) is 5.91. The van der Waals surface area contributed by atoms with Gasteiger partial charge in [-0.3, -0.25) is 4.79 Å². The molecule has 15 heavy (non-hydrogen) atoms. The van der Waals surface area contributed by atoms with Crippen LogP contribution in [0.15, 0.2) is 12.7 Å². The van der Waals surface area contributed by atoms with Gasteiger partial charge in [0, 0.05) is 18.5 Å². The molecule has 1 saturated carbocycles. The SMILES string of the molecule is C=CCCC(=O)NCC1(N)CCCCC1. The predicted molar refractivity (Wildman–Crippen MR) is 62.4 cm³/mol. The van der Waals surface area contributed by atoms with E-state index in [0.29, 0.717) is 13.0 Å². The van der Waals surface area contributed by atoms with Crippen LogP contribution in [0.2, 0.25) is 0 Å². The third kappa shape index (κ3) is 4.47. The first-order valence-corrected chi connectivity index (χ1v) is 5.83. The molecule has 86 valence electrons. The molecule has 3 N–H and O–H groups in total. The molecule has 0 aromatic carbocycles. The summed E-state index contributed by atoms with van der Waals surface area (Å²) in [6, 6.07) is 0. The van der Waals surface area contributed by atoms with Gasteiger partial charge in [-0.1, -0.05) is 25.3 Å². The summed E-state index contributed by atoms with van der Waals surface area (Å²) in [7, 11) is 0. The summed E-state index contributed by atoms with van der Waals surface area (Å²) in [6.07, 6.45) is 8.77. The molecule has 1 aliphatic rings. The summed E-state index contributed by atoms with van der Waals surface area (Å²) < 4.78 is 0. The average Bonchev–Trinajstić information content (AvgIpc) is 2.25. The second-order valence-corrected chi connectivity index (χ2v) is 4.53. The number of rotatable bonds is 5. The molecule has 1 aliphatic carbocycles. The lowest BCUT2D eigenvalue weighted by molar-refractivity contribution is -0.121. The van der Waals surface area contributed by atoms with E-state index in [9.17, 15) is 4.79 Å². The quantitative estimate of drug-likeness (QED) is 0.679. The lowest BCUT2D eigenvalue weighted by Gasteiger charge is -2.33. The van der Waals surface area contributed by atoms with E-state index in [1.54, 1.807) is 6.08 Å². The highest BCUT2D eigenvalue weighted by Crippen LogP contribution is 2.25. The average molecular weight is 210 g/mol. The van der Waals surface area contributed by atoms with Crippen LogP contribution in [-0.4, -0.2) is 18.0 Å². The van der Waals surface area contributed by atoms with Gasteiger partial charge in [-0.25, -0.2) is 0 Å². The van der Waals surface area contributed by atoms with E-state index in [0.717, 1.165) is 19.3 Å². The van der Waals surface area contributed by atoms with Crippen molar-refractivity contribution in [2.24, 2.45) is 5.73 Å². The molecule has 0 spiro atoms. The van der Waals surface area contributed by atoms with Crippen molar-refractivity contribution in [1.29, 1.82) is 0 Å². The van der Waals surface area contributed by atoms with Gasteiger partial charge in [0.05, 0.1) is 0 Å². The Bertz CT molecular complexity index is 220. The van der Waals surface area contributed by atoms with Crippen LogP contribution in [0.1, 0.15) is 44.9 Å². The topological polar surface area (TPSA) is 55.1 Å². The van der Waals surface area contributed by atoms with Crippen LogP contribution in [-0.2, 0) is 4.79 Å². The maximum absolute atomic E-state index is 11.4. The summed E-state index contributed by atoms with van der Waals surface area (Å²) in [6.45, 7) is 4.22. The zero-order valence-electron chi connectivity index (χ0n) is 9.43. The van der Waals surface area contributed by atoms with Crippen LogP contribution >= 0.6 is 0 Å². The Balaban J connectivity index is 2.22. The van der Waals surface area contributed by atoms with E-state index in [1.165, 1.54) is 19.3 Å². The highest BCUT2D eigenvalue weighted by atomic mass is 16.1. The van der Waals surface area contributed by atoms with E-state index in [-0.39, 0.29) is 11.4 Å². The summed E-state index contributed by atoms with van der Waals surface area (Å²) in [5.74, 6) is 0.0882. The zero-order chi connectivity index (χ0) is 11.1. The largest absolute Gasteiger partial charge is 0.354 e. The minimum atomic E-state index is -0.151. The first-order chi connectivity index (χ1) is 7.16. The number of amides is 1. The highest BCUT2D eigenvalue weighted by molar-refractivity contribution is 5.76. The number of hydrogen-bond donors (Lipinski definition) is 2. The fourth-order valence-electron chi connectivity index (χ4n) is 2.03. The molecule has 0 aromatic heterocycles. The van der Waals surface area contributed by atoms with Crippen LogP contribution in [0, 0.1) is 0 Å². The predicted octanol–water partition coefficient (Wildman–Crippen LogP) is 1.73. The Kier molecular flexibility index (Phi) is 4.82. The van der Waals surface area contributed by atoms with Crippen molar-refractivity contribution < 1.29 is 4.79 Å². The van der Waals surface area contributed by atoms with Crippen molar-refractivity contribution in [3.05, 3.63) is 12.7 Å². The molecule has 0 heterocycles. The molecule has 0 bridgehead atoms. The molecular weight excluding hydrogens is 188 g/mol. The van der Waals surface area contributed by atoms with E-state index < -0.39 is 0 Å². The molecule has 0 atom stereocenters. The summed E-state index contributed by atoms with van der Waals surface area (Å²) in [5.41, 5.74) is 6.05. The standard InChI is InChI=1S/C12H22N2O/c1-2-3-7-11(15)14-10-12(13)8-5-4-6-9-12/h2H,1,3-10,13H2,(H,14,15). The molecule has 0 saturated heterocycles. The molecule has 0 unspecified atom stereocenters. The summed E-state index contributed by atoms with van der Waals surface area (Å²) in [4.78, 5) is 11.4. The van der Waals surface area contributed by atoms with Crippen LogP contribution < -0.4 is 11.1 Å². The number of nitrogens with two attached hydrogens (primary N) is 1. The first kappa shape index (κ1) is 12.2. The van der Waals surface area contributed by atoms with Crippen LogP contribution in [0.5, 0.6) is 0 Å². The van der Waals surface area contributed by atoms with Crippen molar-refractivity contribution in [2.45, 2.75) is 50.5 Å². The molecule has 0 radical (unpaired) electrons. The fraction of sp³-hybridized carbons (Fsp3) is 0.750. The minimum Gasteiger partial charge on any atom is -0.354 e. The van der Waals surface area contributed by atoms with Crippen molar-refractivity contribution in [1.82, 2.24) is 5.32 Å². The van der Waals surface area contributed by atoms with Gasteiger partial charge in [-0.05, 0) is 19.3 Å². The molecular formula is C12H22N2O. The van der Waals surface area contributed by atoms with Gasteiger partial charge in [0.15, 0.2) is 0 Å². The zero-order valence-corrected chi connectivity index (χ0v) is 9.43. The maximum atomic E-state index is 11.4. The maximum Gasteiger partial charge on any atom is 0.220 e. The Morgan fingerprint density at radius 2 is 2.07 bits per heavy atom. The number of nitrogens with one attached hydrogen (secondary N) is 1. The molecule has 0 aliphatic heterocycles. The Morgan fingerprint density at radius 1 is 1.40 bits per heavy atom. The van der Waals surface area contributed by atoms with E-state index in [2.05, 4.69) is 11.9 Å². The summed E-state index contributed by atoms with van der Waals surface area (Å²) in [5, 5.41) is 2.92. The smallest absolute Gasteiger partial charge is 0.220 e. The van der Waals surface area contributed by atoms with Gasteiger partial charge in [0.25, 0.3) is 0 Å². The normalized spacial score (nSPS) is 19.5. The van der Waals surface area contributed by atoms with Gasteiger partial charge in [-0.2, -0.15) is 0 Å². The molecule has 3 heteroatoms. The number of allylic oxidation sites excluding steroid dienone is 1. The molecule has 1 fully saturated rings. The van der Waals surface area contributed by atoms with Crippen molar-refractivity contribution in [3.63, 3.8) is 0 Å². The van der Waals surface area contributed by atoms with E-state index in [4.69, 9.17) is 5.73 Å². The van der Waals surface area contributed by atoms with E-state index in [1.807, 2.05) is 0 Å². The molecule has 3 nitrogen and oxygen atoms in total. The lowest BCUT2D eigenvalue weighted by atomic mass is 9.82. The third-order valence-electron chi connectivity index (χ3n) is 3.06. The third-order valence-corrected chi connectivity index (χ3v) is 3.06. The monoisotopic (exact) mass is 210 g/mol. The number of hydrogen-bond acceptors (Lipinski definition) is 2. The second-order valence-electron chi connectivity index (χ2n) is 4.53. The van der Waals surface area contributed by atoms with Gasteiger partial charge in [0.2, 0.25) is 5.91 Å². The van der Waals surface area contributed by atoms with Crippen LogP contribution in [0.25, 0.3) is 0 Å². The van der Waals surface area contributed by atoms with Crippen molar-refractivity contribution >= 4 is 5.91 Å². The number of carbonyl (C=O) groups excluding carboxylic acids is 1. The van der Waals surface area contributed by atoms with Gasteiger partial charge >= 0.3 is 0 Å². The molecule has 1 amide bonds. The summed E-state index contributed by atoms with van der Waals surface area (Å²) >= 11 is 0. The van der Waals surface area contributed by atoms with Gasteiger partial charge in [-0.15, -0.1) is 6.58 Å². The lowest BCUT2D eigenvalue weighted by Crippen LogP contribution is -2.51. The van der Waals surface area contributed by atoms with Crippen molar-refractivity contribution in [2.75, 3.05) is 6.54 Å². The molecule has 0 aromatic rings. The Labute approximate surface area is 92.1 Å². The van der Waals surface area contributed by atoms with E-state index >= 15 is 0 Å². The first-order valence-electron chi connectivity index (χ1n) is 5.83. The Hall–Kier alpha value is -0.830. The van der Waals surface area contributed by atoms with Crippen LogP contribution in [0.3, 0.4) is 0 Å². The van der Waals surface area contributed by atoms with Crippen LogP contribution in [0.4, 0.5) is 0 Å². The Morgan fingerprint density at radius 3 is 2.67 bits per heavy atom. The number of carbonyl (C=O) groups is 1. The highest BCUT2D eigenvalue weighted by Gasteiger charge is 2.27. The molecule has 1 rings (SSSR count). The fourth-order valence-corrected chi connectivity index (χ4v) is 2.03. The van der Waals surface area contributed by atoms with Gasteiger partial charge < -0.3 is 11.1 Å². The minimum absolute atomic E-state index is 0.0882. The van der Waals surface area contributed by atoms with Gasteiger partial charge in [0.1, 0.15) is 0 Å².